The van der Waals surface area contributed by atoms with E-state index in [4.69, 9.17) is 9.26 Å². The molecule has 4 aromatic rings. The van der Waals surface area contributed by atoms with Gasteiger partial charge < -0.3 is 9.26 Å². The van der Waals surface area contributed by atoms with E-state index < -0.39 is 10.0 Å². The second kappa shape index (κ2) is 8.05. The zero-order valence-corrected chi connectivity index (χ0v) is 17.0. The Kier molecular flexibility index (Phi) is 5.29. The number of nitrogens with zero attached hydrogens (tertiary/aromatic N) is 5. The number of nitrogens with one attached hydrogen (secondary N) is 1. The summed E-state index contributed by atoms with van der Waals surface area (Å²) >= 11 is 0. The van der Waals surface area contributed by atoms with Gasteiger partial charge in [-0.2, -0.15) is 10.1 Å². The molecule has 0 radical (unpaired) electrons. The lowest BCUT2D eigenvalue weighted by atomic mass is 10.2. The van der Waals surface area contributed by atoms with Gasteiger partial charge in [-0.25, -0.2) is 18.1 Å². The van der Waals surface area contributed by atoms with Crippen molar-refractivity contribution in [3.63, 3.8) is 0 Å². The Morgan fingerprint density at radius 1 is 1.20 bits per heavy atom. The van der Waals surface area contributed by atoms with Crippen molar-refractivity contribution in [1.82, 2.24) is 29.6 Å². The van der Waals surface area contributed by atoms with Crippen LogP contribution >= 0.6 is 0 Å². The molecule has 0 saturated carbocycles. The molecule has 0 spiro atoms. The third-order valence-electron chi connectivity index (χ3n) is 4.38. The minimum absolute atomic E-state index is 0.111. The molecule has 30 heavy (non-hydrogen) atoms. The summed E-state index contributed by atoms with van der Waals surface area (Å²) in [6.45, 7) is 0.205. The molecular formula is C19H18N6O4S. The van der Waals surface area contributed by atoms with Crippen molar-refractivity contribution in [3.05, 3.63) is 60.6 Å². The van der Waals surface area contributed by atoms with Crippen LogP contribution in [0, 0.1) is 0 Å². The predicted octanol–water partition coefficient (Wildman–Crippen LogP) is 2.02. The molecule has 0 aliphatic rings. The Bertz CT molecular complexity index is 1270. The zero-order chi connectivity index (χ0) is 21.1. The van der Waals surface area contributed by atoms with E-state index in [0.717, 1.165) is 5.69 Å². The summed E-state index contributed by atoms with van der Waals surface area (Å²) in [7, 11) is -0.449. The molecule has 154 valence electrons. The zero-order valence-electron chi connectivity index (χ0n) is 16.2. The van der Waals surface area contributed by atoms with Gasteiger partial charge in [0.05, 0.1) is 22.3 Å². The molecular weight excluding hydrogens is 408 g/mol. The van der Waals surface area contributed by atoms with E-state index in [1.54, 1.807) is 48.4 Å². The maximum Gasteiger partial charge on any atom is 0.261 e. The molecule has 0 amide bonds. The lowest BCUT2D eigenvalue weighted by Gasteiger charge is -2.06. The molecule has 0 saturated heterocycles. The van der Waals surface area contributed by atoms with Crippen LogP contribution in [0.2, 0.25) is 0 Å². The predicted molar refractivity (Wildman–Crippen MR) is 107 cm³/mol. The Balaban J connectivity index is 1.62. The summed E-state index contributed by atoms with van der Waals surface area (Å²) in [5, 5.41) is 8.23. The molecule has 0 fully saturated rings. The topological polar surface area (TPSA) is 125 Å². The number of rotatable bonds is 7. The fourth-order valence-corrected chi connectivity index (χ4v) is 3.53. The van der Waals surface area contributed by atoms with Gasteiger partial charge in [-0.3, -0.25) is 4.68 Å². The Hall–Kier alpha value is -3.57. The molecule has 1 aromatic carbocycles. The summed E-state index contributed by atoms with van der Waals surface area (Å²) < 4.78 is 39.1. The molecule has 3 aromatic heterocycles. The first-order valence-electron chi connectivity index (χ1n) is 8.90. The summed E-state index contributed by atoms with van der Waals surface area (Å²) in [6, 6.07) is 11.7. The molecule has 1 N–H and O–H groups in total. The summed E-state index contributed by atoms with van der Waals surface area (Å²) in [5.74, 6) is 0.997. The first-order valence-corrected chi connectivity index (χ1v) is 10.4. The van der Waals surface area contributed by atoms with Crippen molar-refractivity contribution in [2.24, 2.45) is 7.05 Å². The van der Waals surface area contributed by atoms with Crippen LogP contribution < -0.4 is 9.46 Å². The van der Waals surface area contributed by atoms with Gasteiger partial charge in [0.2, 0.25) is 21.7 Å². The largest absolute Gasteiger partial charge is 0.471 e. The first-order chi connectivity index (χ1) is 14.5. The van der Waals surface area contributed by atoms with Crippen LogP contribution in [0.5, 0.6) is 5.88 Å². The van der Waals surface area contributed by atoms with Crippen LogP contribution in [0.1, 0.15) is 5.69 Å². The number of benzene rings is 1. The number of hydrogen-bond acceptors (Lipinski definition) is 8. The number of hydrogen-bond donors (Lipinski definition) is 1. The van der Waals surface area contributed by atoms with Crippen molar-refractivity contribution < 1.29 is 17.7 Å². The maximum atomic E-state index is 12.0. The molecule has 0 unspecified atom stereocenters. The second-order valence-corrected chi connectivity index (χ2v) is 8.13. The van der Waals surface area contributed by atoms with Crippen LogP contribution in [0.15, 0.2) is 64.3 Å². The highest BCUT2D eigenvalue weighted by atomic mass is 32.2. The smallest absolute Gasteiger partial charge is 0.261 e. The lowest BCUT2D eigenvalue weighted by molar-refractivity contribution is 0.283. The highest BCUT2D eigenvalue weighted by Gasteiger charge is 2.19. The SMILES string of the molecule is CNS(=O)(=O)c1cccc(-c2noc(-c3cnn(C)c3COc3ccccn3)n2)c1. The van der Waals surface area contributed by atoms with Crippen molar-refractivity contribution >= 4 is 10.0 Å². The summed E-state index contributed by atoms with van der Waals surface area (Å²) in [6.07, 6.45) is 3.25. The molecule has 0 bridgehead atoms. The highest BCUT2D eigenvalue weighted by molar-refractivity contribution is 7.89. The Morgan fingerprint density at radius 2 is 2.07 bits per heavy atom. The number of pyridine rings is 1. The second-order valence-electron chi connectivity index (χ2n) is 6.24. The van der Waals surface area contributed by atoms with E-state index >= 15 is 0 Å². The third kappa shape index (κ3) is 3.93. The van der Waals surface area contributed by atoms with E-state index in [1.807, 2.05) is 6.07 Å². The van der Waals surface area contributed by atoms with Crippen LogP contribution in [0.25, 0.3) is 22.8 Å². The highest BCUT2D eigenvalue weighted by Crippen LogP contribution is 2.26. The monoisotopic (exact) mass is 426 g/mol. The number of ether oxygens (including phenoxy) is 1. The van der Waals surface area contributed by atoms with Crippen molar-refractivity contribution in [1.29, 1.82) is 0 Å². The van der Waals surface area contributed by atoms with Gasteiger partial charge >= 0.3 is 0 Å². The van der Waals surface area contributed by atoms with Gasteiger partial charge in [-0.05, 0) is 25.2 Å². The van der Waals surface area contributed by atoms with Gasteiger partial charge in [0.1, 0.15) is 6.61 Å². The quantitative estimate of drug-likeness (QED) is 0.476. The molecule has 11 heteroatoms. The fourth-order valence-electron chi connectivity index (χ4n) is 2.76. The van der Waals surface area contributed by atoms with Crippen molar-refractivity contribution in [2.75, 3.05) is 7.05 Å². The minimum atomic E-state index is -3.58. The summed E-state index contributed by atoms with van der Waals surface area (Å²) in [5.41, 5.74) is 1.85. The van der Waals surface area contributed by atoms with Crippen molar-refractivity contribution in [3.8, 4) is 28.7 Å². The normalized spacial score (nSPS) is 11.5. The van der Waals surface area contributed by atoms with E-state index in [0.29, 0.717) is 17.0 Å². The lowest BCUT2D eigenvalue weighted by Crippen LogP contribution is -2.18. The van der Waals surface area contributed by atoms with Gasteiger partial charge in [-0.15, -0.1) is 0 Å². The van der Waals surface area contributed by atoms with Gasteiger partial charge in [0.15, 0.2) is 0 Å². The molecule has 10 nitrogen and oxygen atoms in total. The van der Waals surface area contributed by atoms with Gasteiger partial charge in [-0.1, -0.05) is 23.4 Å². The standard InChI is InChI=1S/C19H18N6O4S/c1-20-30(26,27)14-7-5-6-13(10-14)18-23-19(29-24-18)15-11-22-25(2)16(15)12-28-17-8-3-4-9-21-17/h3-11,20H,12H2,1-2H3. The van der Waals surface area contributed by atoms with Crippen LogP contribution in [0.4, 0.5) is 0 Å². The van der Waals surface area contributed by atoms with Crippen molar-refractivity contribution in [2.45, 2.75) is 11.5 Å². The van der Waals surface area contributed by atoms with Gasteiger partial charge in [0.25, 0.3) is 5.89 Å². The number of aromatic nitrogens is 5. The Morgan fingerprint density at radius 3 is 2.83 bits per heavy atom. The minimum Gasteiger partial charge on any atom is -0.471 e. The number of aryl methyl sites for hydroxylation is 1. The first kappa shape index (κ1) is 19.7. The Labute approximate surface area is 172 Å². The van der Waals surface area contributed by atoms with Crippen LogP contribution in [-0.2, 0) is 23.7 Å². The molecule has 4 rings (SSSR count). The average molecular weight is 426 g/mol. The molecule has 0 aliphatic heterocycles. The molecule has 0 aliphatic carbocycles. The van der Waals surface area contributed by atoms with Gasteiger partial charge in [0, 0.05) is 24.9 Å². The molecule has 3 heterocycles. The van der Waals surface area contributed by atoms with E-state index in [2.05, 4.69) is 24.9 Å². The fraction of sp³-hybridized carbons (Fsp3) is 0.158. The van der Waals surface area contributed by atoms with E-state index in [1.165, 1.54) is 19.2 Å². The third-order valence-corrected chi connectivity index (χ3v) is 5.80. The van der Waals surface area contributed by atoms with Crippen LogP contribution in [-0.4, -0.2) is 40.4 Å². The van der Waals surface area contributed by atoms with E-state index in [-0.39, 0.29) is 23.2 Å². The molecule has 0 atom stereocenters. The van der Waals surface area contributed by atoms with Crippen LogP contribution in [0.3, 0.4) is 0 Å². The number of sulfonamides is 1. The average Bonchev–Trinajstić information content (AvgIpc) is 3.40. The van der Waals surface area contributed by atoms with E-state index in [9.17, 15) is 8.42 Å². The maximum absolute atomic E-state index is 12.0. The summed E-state index contributed by atoms with van der Waals surface area (Å²) in [4.78, 5) is 8.65.